The number of carboxylic acid groups (broad SMARTS) is 1. The molecule has 1 atom stereocenters. The van der Waals surface area contributed by atoms with Crippen LogP contribution in [0.5, 0.6) is 5.88 Å². The summed E-state index contributed by atoms with van der Waals surface area (Å²) in [6.07, 6.45) is 0.747. The van der Waals surface area contributed by atoms with Gasteiger partial charge in [-0.05, 0) is 22.9 Å². The van der Waals surface area contributed by atoms with Crippen LogP contribution < -0.4 is 9.64 Å². The molecule has 0 saturated carbocycles. The number of piperazine rings is 1. The second-order valence-corrected chi connectivity index (χ2v) is 5.15. The first-order valence-electron chi connectivity index (χ1n) is 5.84. The Kier molecular flexibility index (Phi) is 4.08. The van der Waals surface area contributed by atoms with Gasteiger partial charge in [0.25, 0.3) is 0 Å². The van der Waals surface area contributed by atoms with E-state index in [9.17, 15) is 4.79 Å². The van der Waals surface area contributed by atoms with Crippen LogP contribution >= 0.6 is 15.9 Å². The van der Waals surface area contributed by atoms with Gasteiger partial charge in [-0.3, -0.25) is 0 Å². The molecule has 8 heteroatoms. The molecule has 0 radical (unpaired) electrons. The van der Waals surface area contributed by atoms with Crippen molar-refractivity contribution in [3.05, 3.63) is 10.7 Å². The van der Waals surface area contributed by atoms with E-state index >= 15 is 0 Å². The van der Waals surface area contributed by atoms with Crippen LogP contribution in [0.4, 0.5) is 10.7 Å². The molecule has 2 rings (SSSR count). The molecule has 1 aliphatic rings. The zero-order chi connectivity index (χ0) is 14.0. The van der Waals surface area contributed by atoms with E-state index in [1.54, 1.807) is 13.3 Å². The van der Waals surface area contributed by atoms with Gasteiger partial charge in [0, 0.05) is 25.7 Å². The summed E-state index contributed by atoms with van der Waals surface area (Å²) in [5.74, 6) is 1.02. The van der Waals surface area contributed by atoms with E-state index < -0.39 is 6.09 Å². The smallest absolute Gasteiger partial charge is 0.407 e. The lowest BCUT2D eigenvalue weighted by Gasteiger charge is -2.38. The van der Waals surface area contributed by atoms with Crippen molar-refractivity contribution in [1.29, 1.82) is 0 Å². The Labute approximate surface area is 119 Å². The van der Waals surface area contributed by atoms with Gasteiger partial charge in [-0.15, -0.1) is 0 Å². The number of amides is 1. The van der Waals surface area contributed by atoms with E-state index in [0.29, 0.717) is 35.9 Å². The Morgan fingerprint density at radius 2 is 2.32 bits per heavy atom. The lowest BCUT2D eigenvalue weighted by Crippen LogP contribution is -2.54. The fraction of sp³-hybridized carbons (Fsp3) is 0.545. The largest absolute Gasteiger partial charge is 0.480 e. The summed E-state index contributed by atoms with van der Waals surface area (Å²) < 4.78 is 5.82. The van der Waals surface area contributed by atoms with Crippen LogP contribution in [0.3, 0.4) is 0 Å². The third-order valence-electron chi connectivity index (χ3n) is 3.05. The van der Waals surface area contributed by atoms with Crippen molar-refractivity contribution < 1.29 is 14.6 Å². The van der Waals surface area contributed by atoms with Crippen molar-refractivity contribution in [2.45, 2.75) is 13.0 Å². The Bertz CT molecular complexity index is 485. The number of carbonyl (C=O) groups is 1. The molecule has 0 spiro atoms. The maximum Gasteiger partial charge on any atom is 0.407 e. The van der Waals surface area contributed by atoms with Crippen molar-refractivity contribution in [3.63, 3.8) is 0 Å². The van der Waals surface area contributed by atoms with Gasteiger partial charge in [-0.1, -0.05) is 0 Å². The van der Waals surface area contributed by atoms with Crippen LogP contribution in [-0.4, -0.2) is 58.9 Å². The number of rotatable bonds is 2. The summed E-state index contributed by atoms with van der Waals surface area (Å²) in [6, 6.07) is -0.0931. The van der Waals surface area contributed by atoms with Crippen molar-refractivity contribution >= 4 is 28.0 Å². The molecule has 1 aromatic rings. The molecule has 7 nitrogen and oxygen atoms in total. The summed E-state index contributed by atoms with van der Waals surface area (Å²) in [5, 5.41) is 9.03. The summed E-state index contributed by atoms with van der Waals surface area (Å²) in [7, 11) is 1.54. The Hall–Kier alpha value is -1.57. The highest BCUT2D eigenvalue weighted by Crippen LogP contribution is 2.24. The van der Waals surface area contributed by atoms with Crippen LogP contribution in [0.2, 0.25) is 0 Å². The maximum atomic E-state index is 11.0. The number of anilines is 1. The first-order valence-corrected chi connectivity index (χ1v) is 6.63. The van der Waals surface area contributed by atoms with Crippen molar-refractivity contribution in [2.75, 3.05) is 31.6 Å². The third-order valence-corrected chi connectivity index (χ3v) is 3.59. The standard InChI is InChI=1S/C11H15BrN4O3/c1-7-6-15(3-4-16(7)11(17)18)10-13-5-8(12)9(14-10)19-2/h5,7H,3-4,6H2,1-2H3,(H,17,18). The number of aromatic nitrogens is 2. The minimum atomic E-state index is -0.888. The minimum absolute atomic E-state index is 0.0931. The second-order valence-electron chi connectivity index (χ2n) is 4.30. The van der Waals surface area contributed by atoms with E-state index in [0.717, 1.165) is 0 Å². The summed E-state index contributed by atoms with van der Waals surface area (Å²) >= 11 is 3.30. The topological polar surface area (TPSA) is 78.8 Å². The number of nitrogens with zero attached hydrogens (tertiary/aromatic N) is 4. The van der Waals surface area contributed by atoms with Gasteiger partial charge in [0.1, 0.15) is 0 Å². The lowest BCUT2D eigenvalue weighted by molar-refractivity contribution is 0.122. The van der Waals surface area contributed by atoms with Gasteiger partial charge < -0.3 is 19.6 Å². The molecule has 1 unspecified atom stereocenters. The van der Waals surface area contributed by atoms with Gasteiger partial charge in [0.05, 0.1) is 17.8 Å². The van der Waals surface area contributed by atoms with E-state index in [2.05, 4.69) is 25.9 Å². The Balaban J connectivity index is 2.14. The molecule has 104 valence electrons. The van der Waals surface area contributed by atoms with Gasteiger partial charge in [0.2, 0.25) is 11.8 Å². The first kappa shape index (κ1) is 13.9. The van der Waals surface area contributed by atoms with Crippen LogP contribution in [0, 0.1) is 0 Å². The molecule has 1 fully saturated rings. The highest BCUT2D eigenvalue weighted by Gasteiger charge is 2.28. The van der Waals surface area contributed by atoms with E-state index in [1.165, 1.54) is 4.90 Å². The molecule has 19 heavy (non-hydrogen) atoms. The van der Waals surface area contributed by atoms with Crippen molar-refractivity contribution in [1.82, 2.24) is 14.9 Å². The number of ether oxygens (including phenoxy) is 1. The number of hydrogen-bond acceptors (Lipinski definition) is 5. The van der Waals surface area contributed by atoms with E-state index in [1.807, 2.05) is 11.8 Å². The summed E-state index contributed by atoms with van der Waals surface area (Å²) in [5.41, 5.74) is 0. The average Bonchev–Trinajstić information content (AvgIpc) is 2.38. The fourth-order valence-corrected chi connectivity index (χ4v) is 2.41. The molecule has 1 aliphatic heterocycles. The predicted molar refractivity (Wildman–Crippen MR) is 72.7 cm³/mol. The molecule has 1 N–H and O–H groups in total. The summed E-state index contributed by atoms with van der Waals surface area (Å²) in [4.78, 5) is 22.9. The molecule has 1 aromatic heterocycles. The highest BCUT2D eigenvalue weighted by atomic mass is 79.9. The molecular formula is C11H15BrN4O3. The fourth-order valence-electron chi connectivity index (χ4n) is 2.06. The summed E-state index contributed by atoms with van der Waals surface area (Å²) in [6.45, 7) is 3.45. The zero-order valence-electron chi connectivity index (χ0n) is 10.7. The average molecular weight is 331 g/mol. The van der Waals surface area contributed by atoms with E-state index in [-0.39, 0.29) is 6.04 Å². The minimum Gasteiger partial charge on any atom is -0.480 e. The maximum absolute atomic E-state index is 11.0. The number of hydrogen-bond donors (Lipinski definition) is 1. The Morgan fingerprint density at radius 1 is 1.58 bits per heavy atom. The van der Waals surface area contributed by atoms with Crippen LogP contribution in [0.1, 0.15) is 6.92 Å². The van der Waals surface area contributed by atoms with Crippen LogP contribution in [0.25, 0.3) is 0 Å². The quantitative estimate of drug-likeness (QED) is 0.883. The second kappa shape index (κ2) is 5.60. The van der Waals surface area contributed by atoms with Gasteiger partial charge in [0.15, 0.2) is 0 Å². The van der Waals surface area contributed by atoms with Gasteiger partial charge in [-0.25, -0.2) is 9.78 Å². The monoisotopic (exact) mass is 330 g/mol. The van der Waals surface area contributed by atoms with Crippen LogP contribution in [-0.2, 0) is 0 Å². The van der Waals surface area contributed by atoms with Crippen molar-refractivity contribution in [2.24, 2.45) is 0 Å². The van der Waals surface area contributed by atoms with Gasteiger partial charge >= 0.3 is 6.09 Å². The van der Waals surface area contributed by atoms with Gasteiger partial charge in [-0.2, -0.15) is 4.98 Å². The highest BCUT2D eigenvalue weighted by molar-refractivity contribution is 9.10. The number of methoxy groups -OCH3 is 1. The van der Waals surface area contributed by atoms with Crippen molar-refractivity contribution in [3.8, 4) is 5.88 Å². The molecule has 0 bridgehead atoms. The molecule has 1 amide bonds. The zero-order valence-corrected chi connectivity index (χ0v) is 12.3. The lowest BCUT2D eigenvalue weighted by atomic mass is 10.2. The SMILES string of the molecule is COc1nc(N2CCN(C(=O)O)C(C)C2)ncc1Br. The molecular weight excluding hydrogens is 316 g/mol. The first-order chi connectivity index (χ1) is 9.02. The van der Waals surface area contributed by atoms with E-state index in [4.69, 9.17) is 9.84 Å². The Morgan fingerprint density at radius 3 is 2.89 bits per heavy atom. The predicted octanol–water partition coefficient (Wildman–Crippen LogP) is 1.44. The molecule has 0 aliphatic carbocycles. The molecule has 1 saturated heterocycles. The number of halogens is 1. The van der Waals surface area contributed by atoms with Crippen LogP contribution in [0.15, 0.2) is 10.7 Å². The normalized spacial score (nSPS) is 19.4. The third kappa shape index (κ3) is 2.89. The molecule has 0 aromatic carbocycles. The molecule has 2 heterocycles.